The van der Waals surface area contributed by atoms with Crippen LogP contribution in [0.15, 0.2) is 30.3 Å². The number of hydrogen-bond acceptors (Lipinski definition) is 4. The van der Waals surface area contributed by atoms with Gasteiger partial charge >= 0.3 is 5.97 Å². The van der Waals surface area contributed by atoms with Gasteiger partial charge in [0.2, 0.25) is 5.91 Å². The third-order valence-electron chi connectivity index (χ3n) is 5.22. The van der Waals surface area contributed by atoms with Crippen LogP contribution >= 0.6 is 0 Å². The van der Waals surface area contributed by atoms with Gasteiger partial charge in [0, 0.05) is 18.6 Å². The number of piperidine rings is 1. The average molecular weight is 360 g/mol. The van der Waals surface area contributed by atoms with Crippen LogP contribution < -0.4 is 0 Å². The number of amides is 1. The van der Waals surface area contributed by atoms with Gasteiger partial charge in [0.15, 0.2) is 0 Å². The largest absolute Gasteiger partial charge is 0.465 e. The lowest BCUT2D eigenvalue weighted by Crippen LogP contribution is -2.49. The Hall–Kier alpha value is -1.88. The molecule has 1 amide bonds. The van der Waals surface area contributed by atoms with Crippen molar-refractivity contribution in [2.45, 2.75) is 58.5 Å². The number of benzene rings is 1. The molecule has 1 fully saturated rings. The summed E-state index contributed by atoms with van der Waals surface area (Å²) in [5, 5.41) is 0. The predicted molar refractivity (Wildman–Crippen MR) is 103 cm³/mol. The van der Waals surface area contributed by atoms with E-state index in [1.54, 1.807) is 6.92 Å². The van der Waals surface area contributed by atoms with Crippen LogP contribution in [-0.2, 0) is 14.3 Å². The van der Waals surface area contributed by atoms with Crippen molar-refractivity contribution in [1.82, 2.24) is 9.80 Å². The molecule has 5 nitrogen and oxygen atoms in total. The second-order valence-electron chi connectivity index (χ2n) is 6.94. The van der Waals surface area contributed by atoms with E-state index in [9.17, 15) is 9.59 Å². The lowest BCUT2D eigenvalue weighted by atomic mass is 10.00. The maximum absolute atomic E-state index is 13.0. The average Bonchev–Trinajstić information content (AvgIpc) is 2.67. The lowest BCUT2D eigenvalue weighted by molar-refractivity contribution is -0.146. The smallest absolute Gasteiger partial charge is 0.320 e. The SMILES string of the molecule is CCOC(=O)CN(CC(=O)N1CCCC[C@H]1CC)[C@H](C)c1ccccc1. The Balaban J connectivity index is 2.12. The Labute approximate surface area is 157 Å². The number of nitrogens with zero attached hydrogens (tertiary/aromatic N) is 2. The number of likely N-dealkylation sites (tertiary alicyclic amines) is 1. The fourth-order valence-corrected chi connectivity index (χ4v) is 3.66. The summed E-state index contributed by atoms with van der Waals surface area (Å²) in [6, 6.07) is 10.3. The number of rotatable bonds is 8. The van der Waals surface area contributed by atoms with Gasteiger partial charge in [-0.25, -0.2) is 0 Å². The Morgan fingerprint density at radius 3 is 2.58 bits per heavy atom. The van der Waals surface area contributed by atoms with E-state index in [4.69, 9.17) is 4.74 Å². The minimum Gasteiger partial charge on any atom is -0.465 e. The monoisotopic (exact) mass is 360 g/mol. The van der Waals surface area contributed by atoms with Crippen molar-refractivity contribution in [3.05, 3.63) is 35.9 Å². The van der Waals surface area contributed by atoms with Crippen molar-refractivity contribution in [3.63, 3.8) is 0 Å². The molecular formula is C21H32N2O3. The molecule has 1 saturated heterocycles. The zero-order chi connectivity index (χ0) is 18.9. The van der Waals surface area contributed by atoms with Crippen molar-refractivity contribution >= 4 is 11.9 Å². The second kappa shape index (κ2) is 10.3. The van der Waals surface area contributed by atoms with Crippen LogP contribution in [0.5, 0.6) is 0 Å². The van der Waals surface area contributed by atoms with Crippen molar-refractivity contribution in [3.8, 4) is 0 Å². The van der Waals surface area contributed by atoms with Crippen LogP contribution in [0, 0.1) is 0 Å². The third-order valence-corrected chi connectivity index (χ3v) is 5.22. The Morgan fingerprint density at radius 1 is 1.19 bits per heavy atom. The summed E-state index contributed by atoms with van der Waals surface area (Å²) < 4.78 is 5.12. The Kier molecular flexibility index (Phi) is 8.10. The van der Waals surface area contributed by atoms with E-state index in [0.29, 0.717) is 12.6 Å². The molecule has 2 rings (SSSR count). The maximum atomic E-state index is 13.0. The molecular weight excluding hydrogens is 328 g/mol. The van der Waals surface area contributed by atoms with E-state index < -0.39 is 0 Å². The molecule has 1 aromatic rings. The van der Waals surface area contributed by atoms with Gasteiger partial charge in [-0.05, 0) is 45.1 Å². The summed E-state index contributed by atoms with van der Waals surface area (Å²) in [6.07, 6.45) is 4.32. The van der Waals surface area contributed by atoms with E-state index in [-0.39, 0.29) is 31.0 Å². The highest BCUT2D eigenvalue weighted by atomic mass is 16.5. The van der Waals surface area contributed by atoms with Crippen LogP contribution in [0.4, 0.5) is 0 Å². The van der Waals surface area contributed by atoms with Crippen molar-refractivity contribution < 1.29 is 14.3 Å². The van der Waals surface area contributed by atoms with Crippen LogP contribution in [0.25, 0.3) is 0 Å². The minimum absolute atomic E-state index is 0.0329. The molecule has 5 heteroatoms. The fourth-order valence-electron chi connectivity index (χ4n) is 3.66. The molecule has 1 aliphatic rings. The number of carbonyl (C=O) groups is 2. The maximum Gasteiger partial charge on any atom is 0.320 e. The molecule has 0 aliphatic carbocycles. The fraction of sp³-hybridized carbons (Fsp3) is 0.619. The summed E-state index contributed by atoms with van der Waals surface area (Å²) in [5.74, 6) is -0.169. The van der Waals surface area contributed by atoms with Gasteiger partial charge < -0.3 is 9.64 Å². The molecule has 1 aromatic carbocycles. The van der Waals surface area contributed by atoms with E-state index in [1.807, 2.05) is 47.1 Å². The third kappa shape index (κ3) is 5.56. The predicted octanol–water partition coefficient (Wildman–Crippen LogP) is 3.40. The van der Waals surface area contributed by atoms with E-state index in [0.717, 1.165) is 31.4 Å². The Morgan fingerprint density at radius 2 is 1.92 bits per heavy atom. The molecule has 1 heterocycles. The van der Waals surface area contributed by atoms with Crippen LogP contribution in [0.2, 0.25) is 0 Å². The molecule has 0 aromatic heterocycles. The first-order chi connectivity index (χ1) is 12.6. The first kappa shape index (κ1) is 20.4. The summed E-state index contributed by atoms with van der Waals surface area (Å²) in [6.45, 7) is 7.52. The van der Waals surface area contributed by atoms with Crippen molar-refractivity contribution in [1.29, 1.82) is 0 Å². The molecule has 26 heavy (non-hydrogen) atoms. The van der Waals surface area contributed by atoms with Gasteiger partial charge in [-0.1, -0.05) is 37.3 Å². The zero-order valence-corrected chi connectivity index (χ0v) is 16.3. The normalized spacial score (nSPS) is 18.6. The molecule has 0 bridgehead atoms. The van der Waals surface area contributed by atoms with Crippen LogP contribution in [0.1, 0.15) is 58.1 Å². The highest BCUT2D eigenvalue weighted by molar-refractivity contribution is 5.80. The zero-order valence-electron chi connectivity index (χ0n) is 16.3. The summed E-state index contributed by atoms with van der Waals surface area (Å²) in [4.78, 5) is 29.0. The standard InChI is InChI=1S/C21H32N2O3/c1-4-19-13-9-10-14-23(19)20(24)15-22(16-21(25)26-5-2)17(3)18-11-7-6-8-12-18/h6-8,11-12,17,19H,4-5,9-10,13-16H2,1-3H3/t17-,19-/m1/s1. The number of hydrogen-bond donors (Lipinski definition) is 0. The number of ether oxygens (including phenoxy) is 1. The highest BCUT2D eigenvalue weighted by Crippen LogP contribution is 2.23. The Bertz CT molecular complexity index is 576. The van der Waals surface area contributed by atoms with E-state index in [2.05, 4.69) is 6.92 Å². The molecule has 0 radical (unpaired) electrons. The number of esters is 1. The molecule has 0 spiro atoms. The number of carbonyl (C=O) groups excluding carboxylic acids is 2. The molecule has 1 aliphatic heterocycles. The summed E-state index contributed by atoms with van der Waals surface area (Å²) >= 11 is 0. The molecule has 2 atom stereocenters. The summed E-state index contributed by atoms with van der Waals surface area (Å²) in [5.41, 5.74) is 1.09. The van der Waals surface area contributed by atoms with Gasteiger partial charge in [0.05, 0.1) is 19.7 Å². The van der Waals surface area contributed by atoms with E-state index in [1.165, 1.54) is 6.42 Å². The lowest BCUT2D eigenvalue weighted by Gasteiger charge is -2.37. The first-order valence-corrected chi connectivity index (χ1v) is 9.80. The minimum atomic E-state index is -0.284. The molecule has 0 saturated carbocycles. The van der Waals surface area contributed by atoms with Crippen LogP contribution in [0.3, 0.4) is 0 Å². The van der Waals surface area contributed by atoms with Gasteiger partial charge in [0.25, 0.3) is 0 Å². The van der Waals surface area contributed by atoms with E-state index >= 15 is 0 Å². The molecule has 144 valence electrons. The summed E-state index contributed by atoms with van der Waals surface area (Å²) in [7, 11) is 0. The van der Waals surface area contributed by atoms with Crippen molar-refractivity contribution in [2.24, 2.45) is 0 Å². The second-order valence-corrected chi connectivity index (χ2v) is 6.94. The van der Waals surface area contributed by atoms with Gasteiger partial charge in [0.1, 0.15) is 0 Å². The van der Waals surface area contributed by atoms with Crippen LogP contribution in [-0.4, -0.2) is 54.0 Å². The topological polar surface area (TPSA) is 49.9 Å². The van der Waals surface area contributed by atoms with Gasteiger partial charge in [-0.2, -0.15) is 0 Å². The molecule has 0 N–H and O–H groups in total. The first-order valence-electron chi connectivity index (χ1n) is 9.80. The quantitative estimate of drug-likeness (QED) is 0.667. The highest BCUT2D eigenvalue weighted by Gasteiger charge is 2.29. The van der Waals surface area contributed by atoms with Gasteiger partial charge in [-0.3, -0.25) is 14.5 Å². The van der Waals surface area contributed by atoms with Crippen molar-refractivity contribution in [2.75, 3.05) is 26.2 Å². The molecule has 0 unspecified atom stereocenters. The van der Waals surface area contributed by atoms with Gasteiger partial charge in [-0.15, -0.1) is 0 Å².